The van der Waals surface area contributed by atoms with E-state index in [0.29, 0.717) is 5.92 Å². The predicted octanol–water partition coefficient (Wildman–Crippen LogP) is 3.97. The van der Waals surface area contributed by atoms with Gasteiger partial charge in [0.25, 0.3) is 0 Å². The summed E-state index contributed by atoms with van der Waals surface area (Å²) >= 11 is 0. The van der Waals surface area contributed by atoms with Gasteiger partial charge < -0.3 is 4.89 Å². The van der Waals surface area contributed by atoms with E-state index in [-0.39, 0.29) is 8.81 Å². The Kier molecular flexibility index (Phi) is 6.68. The monoisotopic (exact) mass is 238 g/mol. The zero-order chi connectivity index (χ0) is 11.8. The van der Waals surface area contributed by atoms with Crippen LogP contribution in [-0.4, -0.2) is 4.89 Å². The Hall–Kier alpha value is -0.390. The van der Waals surface area contributed by atoms with Crippen molar-refractivity contribution in [3.63, 3.8) is 0 Å². The third-order valence-electron chi connectivity index (χ3n) is 3.17. The standard InChI is InChI=1S/C14H23OP/c1-3-5-6-9-12(4-2)13-10-7-8-11-14(13)16-15/h7-8,10-12,15-16H,3-6,9H2,1-2H3. The Labute approximate surface area is 101 Å². The van der Waals surface area contributed by atoms with Crippen LogP contribution in [0.5, 0.6) is 0 Å². The quantitative estimate of drug-likeness (QED) is 0.563. The zero-order valence-electron chi connectivity index (χ0n) is 10.4. The van der Waals surface area contributed by atoms with Crippen molar-refractivity contribution in [3.05, 3.63) is 29.8 Å². The Balaban J connectivity index is 2.69. The molecule has 0 aliphatic heterocycles. The zero-order valence-corrected chi connectivity index (χ0v) is 11.4. The number of benzene rings is 1. The third kappa shape index (κ3) is 3.88. The van der Waals surface area contributed by atoms with Gasteiger partial charge >= 0.3 is 0 Å². The molecule has 2 heteroatoms. The van der Waals surface area contributed by atoms with E-state index in [0.717, 1.165) is 5.30 Å². The molecule has 90 valence electrons. The van der Waals surface area contributed by atoms with Crippen LogP contribution in [0.4, 0.5) is 0 Å². The highest BCUT2D eigenvalue weighted by Crippen LogP contribution is 2.26. The number of hydrogen-bond donors (Lipinski definition) is 1. The minimum absolute atomic E-state index is 0.0700. The summed E-state index contributed by atoms with van der Waals surface area (Å²) in [5.74, 6) is 0.627. The molecule has 16 heavy (non-hydrogen) atoms. The van der Waals surface area contributed by atoms with Gasteiger partial charge in [0.05, 0.1) is 0 Å². The van der Waals surface area contributed by atoms with E-state index in [9.17, 15) is 4.89 Å². The fraction of sp³-hybridized carbons (Fsp3) is 0.571. The summed E-state index contributed by atoms with van der Waals surface area (Å²) in [6.45, 7) is 4.48. The van der Waals surface area contributed by atoms with E-state index >= 15 is 0 Å². The molecule has 1 rings (SSSR count). The average molecular weight is 238 g/mol. The molecule has 1 aromatic carbocycles. The molecule has 0 amide bonds. The van der Waals surface area contributed by atoms with E-state index in [1.807, 2.05) is 6.07 Å². The molecule has 0 aliphatic rings. The SMILES string of the molecule is CCCCCC(CC)c1ccccc1PO. The lowest BCUT2D eigenvalue weighted by Crippen LogP contribution is -2.09. The molecule has 1 N–H and O–H groups in total. The second-order valence-electron chi connectivity index (χ2n) is 4.30. The molecule has 0 heterocycles. The van der Waals surface area contributed by atoms with Gasteiger partial charge in [-0.15, -0.1) is 0 Å². The highest BCUT2D eigenvalue weighted by molar-refractivity contribution is 7.41. The van der Waals surface area contributed by atoms with Gasteiger partial charge in [0.15, 0.2) is 0 Å². The maximum atomic E-state index is 9.36. The van der Waals surface area contributed by atoms with Crippen LogP contribution in [0.2, 0.25) is 0 Å². The first-order valence-corrected chi connectivity index (χ1v) is 7.27. The molecule has 0 saturated carbocycles. The molecular formula is C14H23OP. The molecular weight excluding hydrogens is 215 g/mol. The average Bonchev–Trinajstić information content (AvgIpc) is 2.35. The Bertz CT molecular complexity index is 299. The Morgan fingerprint density at radius 2 is 1.94 bits per heavy atom. The Morgan fingerprint density at radius 1 is 1.19 bits per heavy atom. The summed E-state index contributed by atoms with van der Waals surface area (Å²) in [5, 5.41) is 1.13. The molecule has 0 aliphatic carbocycles. The molecule has 0 saturated heterocycles. The Morgan fingerprint density at radius 3 is 2.56 bits per heavy atom. The summed E-state index contributed by atoms with van der Waals surface area (Å²) < 4.78 is 0. The van der Waals surface area contributed by atoms with Crippen LogP contribution in [0.25, 0.3) is 0 Å². The van der Waals surface area contributed by atoms with Gasteiger partial charge in [0.1, 0.15) is 0 Å². The second kappa shape index (κ2) is 7.81. The van der Waals surface area contributed by atoms with Crippen molar-refractivity contribution in [1.82, 2.24) is 0 Å². The molecule has 2 unspecified atom stereocenters. The highest BCUT2D eigenvalue weighted by Gasteiger charge is 2.12. The molecule has 1 aromatic rings. The third-order valence-corrected chi connectivity index (χ3v) is 3.87. The van der Waals surface area contributed by atoms with Crippen LogP contribution < -0.4 is 5.30 Å². The molecule has 0 radical (unpaired) electrons. The number of hydrogen-bond acceptors (Lipinski definition) is 1. The van der Waals surface area contributed by atoms with Gasteiger partial charge in [-0.3, -0.25) is 0 Å². The maximum absolute atomic E-state index is 9.36. The van der Waals surface area contributed by atoms with Crippen molar-refractivity contribution < 1.29 is 4.89 Å². The second-order valence-corrected chi connectivity index (χ2v) is 5.06. The van der Waals surface area contributed by atoms with Gasteiger partial charge in [0, 0.05) is 14.1 Å². The lowest BCUT2D eigenvalue weighted by atomic mass is 9.91. The van der Waals surface area contributed by atoms with Crippen molar-refractivity contribution in [2.45, 2.75) is 51.9 Å². The summed E-state index contributed by atoms with van der Waals surface area (Å²) in [4.78, 5) is 9.36. The van der Waals surface area contributed by atoms with E-state index in [4.69, 9.17) is 0 Å². The van der Waals surface area contributed by atoms with E-state index in [1.54, 1.807) is 0 Å². The molecule has 0 aromatic heterocycles. The van der Waals surface area contributed by atoms with Crippen LogP contribution in [0.15, 0.2) is 24.3 Å². The van der Waals surface area contributed by atoms with Crippen LogP contribution in [0.3, 0.4) is 0 Å². The molecule has 2 atom stereocenters. The summed E-state index contributed by atoms with van der Waals surface area (Å²) in [5.41, 5.74) is 1.36. The fourth-order valence-corrected chi connectivity index (χ4v) is 2.76. The van der Waals surface area contributed by atoms with Gasteiger partial charge in [-0.05, 0) is 24.3 Å². The summed E-state index contributed by atoms with van der Waals surface area (Å²) in [6, 6.07) is 8.33. The first-order chi connectivity index (χ1) is 7.83. The van der Waals surface area contributed by atoms with Crippen molar-refractivity contribution in [2.75, 3.05) is 0 Å². The first kappa shape index (κ1) is 13.7. The summed E-state index contributed by atoms with van der Waals surface area (Å²) in [6.07, 6.45) is 6.33. The lowest BCUT2D eigenvalue weighted by Gasteiger charge is -2.18. The minimum atomic E-state index is -0.0700. The largest absolute Gasteiger partial charge is 0.372 e. The van der Waals surface area contributed by atoms with Gasteiger partial charge in [0.2, 0.25) is 0 Å². The highest BCUT2D eigenvalue weighted by atomic mass is 31.1. The fourth-order valence-electron chi connectivity index (χ4n) is 2.18. The van der Waals surface area contributed by atoms with Crippen molar-refractivity contribution in [2.24, 2.45) is 0 Å². The van der Waals surface area contributed by atoms with Crippen molar-refractivity contribution in [3.8, 4) is 0 Å². The number of unbranched alkanes of at least 4 members (excludes halogenated alkanes) is 2. The maximum Gasteiger partial charge on any atom is 0.0422 e. The van der Waals surface area contributed by atoms with Crippen molar-refractivity contribution in [1.29, 1.82) is 0 Å². The van der Waals surface area contributed by atoms with Gasteiger partial charge in [-0.1, -0.05) is 57.4 Å². The van der Waals surface area contributed by atoms with Gasteiger partial charge in [-0.2, -0.15) is 0 Å². The van der Waals surface area contributed by atoms with E-state index in [2.05, 4.69) is 32.0 Å². The smallest absolute Gasteiger partial charge is 0.0422 e. The van der Waals surface area contributed by atoms with Crippen LogP contribution >= 0.6 is 8.81 Å². The topological polar surface area (TPSA) is 20.2 Å². The van der Waals surface area contributed by atoms with Crippen LogP contribution in [0.1, 0.15) is 57.4 Å². The summed E-state index contributed by atoms with van der Waals surface area (Å²) in [7, 11) is -0.0700. The molecule has 0 bridgehead atoms. The van der Waals surface area contributed by atoms with E-state index in [1.165, 1.54) is 37.7 Å². The molecule has 1 nitrogen and oxygen atoms in total. The first-order valence-electron chi connectivity index (χ1n) is 6.32. The minimum Gasteiger partial charge on any atom is -0.372 e. The van der Waals surface area contributed by atoms with Crippen LogP contribution in [0, 0.1) is 0 Å². The van der Waals surface area contributed by atoms with E-state index < -0.39 is 0 Å². The van der Waals surface area contributed by atoms with Crippen LogP contribution in [-0.2, 0) is 0 Å². The number of rotatable bonds is 7. The lowest BCUT2D eigenvalue weighted by molar-refractivity contribution is 0.555. The normalized spacial score (nSPS) is 13.4. The van der Waals surface area contributed by atoms with Crippen molar-refractivity contribution >= 4 is 14.1 Å². The predicted molar refractivity (Wildman–Crippen MR) is 73.8 cm³/mol. The molecule has 0 spiro atoms. The van der Waals surface area contributed by atoms with Gasteiger partial charge in [-0.25, -0.2) is 0 Å². The molecule has 0 fully saturated rings.